The fraction of sp³-hybridized carbons (Fsp3) is 0.200. The van der Waals surface area contributed by atoms with E-state index in [1.54, 1.807) is 24.3 Å². The summed E-state index contributed by atoms with van der Waals surface area (Å²) in [6.45, 7) is 0.211. The third-order valence-corrected chi connectivity index (χ3v) is 4.26. The number of aromatic nitrogens is 2. The van der Waals surface area contributed by atoms with E-state index in [2.05, 4.69) is 21.1 Å². The predicted molar refractivity (Wildman–Crippen MR) is 99.8 cm³/mol. The average molecular weight is 362 g/mol. The van der Waals surface area contributed by atoms with Gasteiger partial charge in [0, 0.05) is 24.7 Å². The van der Waals surface area contributed by atoms with Crippen LogP contribution in [-0.4, -0.2) is 35.1 Å². The number of rotatable bonds is 5. The van der Waals surface area contributed by atoms with Crippen LogP contribution >= 0.6 is 0 Å². The van der Waals surface area contributed by atoms with E-state index in [4.69, 9.17) is 5.26 Å². The molecule has 0 aliphatic carbocycles. The zero-order valence-electron chi connectivity index (χ0n) is 15.0. The molecule has 0 saturated heterocycles. The molecule has 0 spiro atoms. The molecule has 0 saturated carbocycles. The number of aryl methyl sites for hydroxylation is 1. The van der Waals surface area contributed by atoms with E-state index < -0.39 is 0 Å². The Labute approximate surface area is 156 Å². The zero-order valence-corrected chi connectivity index (χ0v) is 15.0. The quantitative estimate of drug-likeness (QED) is 0.703. The molecule has 1 heterocycles. The fourth-order valence-corrected chi connectivity index (χ4v) is 2.78. The van der Waals surface area contributed by atoms with Crippen LogP contribution in [0.4, 0.5) is 0 Å². The minimum atomic E-state index is -0.373. The molecule has 0 unspecified atom stereocenters. The number of nitrogens with one attached hydrogen (secondary N) is 1. The van der Waals surface area contributed by atoms with Crippen LogP contribution in [-0.2, 0) is 16.6 Å². The Hall–Kier alpha value is -3.66. The lowest BCUT2D eigenvalue weighted by atomic mass is 10.1. The van der Waals surface area contributed by atoms with E-state index in [1.807, 2.05) is 29.8 Å². The molecule has 0 bridgehead atoms. The van der Waals surface area contributed by atoms with Gasteiger partial charge < -0.3 is 14.6 Å². The molecule has 7 heteroatoms. The van der Waals surface area contributed by atoms with Crippen LogP contribution in [0.15, 0.2) is 42.5 Å². The van der Waals surface area contributed by atoms with Crippen molar-refractivity contribution in [1.29, 1.82) is 5.26 Å². The van der Waals surface area contributed by atoms with Crippen LogP contribution in [0.2, 0.25) is 0 Å². The van der Waals surface area contributed by atoms with Gasteiger partial charge in [-0.1, -0.05) is 0 Å². The molecule has 1 N–H and O–H groups in total. The number of imidazole rings is 1. The SMILES string of the molecule is COC(=O)CCNC(=O)c1ccc2c(c1)nc(-c1ccc(C#N)cc1)n2C. The molecule has 7 nitrogen and oxygen atoms in total. The molecule has 2 aromatic carbocycles. The summed E-state index contributed by atoms with van der Waals surface area (Å²) >= 11 is 0. The first kappa shape index (κ1) is 18.1. The van der Waals surface area contributed by atoms with E-state index in [0.717, 1.165) is 16.9 Å². The van der Waals surface area contributed by atoms with Crippen LogP contribution in [0.3, 0.4) is 0 Å². The number of nitriles is 1. The van der Waals surface area contributed by atoms with Gasteiger partial charge in [-0.15, -0.1) is 0 Å². The lowest BCUT2D eigenvalue weighted by Gasteiger charge is -2.05. The number of benzene rings is 2. The van der Waals surface area contributed by atoms with E-state index in [1.165, 1.54) is 7.11 Å². The number of carbonyl (C=O) groups is 2. The van der Waals surface area contributed by atoms with Crippen molar-refractivity contribution in [3.8, 4) is 17.5 Å². The number of fused-ring (bicyclic) bond motifs is 1. The van der Waals surface area contributed by atoms with Crippen LogP contribution in [0.5, 0.6) is 0 Å². The molecular formula is C20H18N4O3. The standard InChI is InChI=1S/C20H18N4O3/c1-24-17-8-7-15(20(26)22-10-9-18(25)27-2)11-16(17)23-19(24)14-5-3-13(12-21)4-6-14/h3-8,11H,9-10H2,1-2H3,(H,22,26). The van der Waals surface area contributed by atoms with Gasteiger partial charge in [-0.2, -0.15) is 5.26 Å². The molecule has 1 amide bonds. The minimum absolute atomic E-state index is 0.122. The predicted octanol–water partition coefficient (Wildman–Crippen LogP) is 2.40. The molecule has 1 aromatic heterocycles. The maximum atomic E-state index is 12.3. The molecular weight excluding hydrogens is 344 g/mol. The lowest BCUT2D eigenvalue weighted by molar-refractivity contribution is -0.140. The maximum absolute atomic E-state index is 12.3. The van der Waals surface area contributed by atoms with Gasteiger partial charge in [-0.25, -0.2) is 4.98 Å². The highest BCUT2D eigenvalue weighted by Gasteiger charge is 2.13. The van der Waals surface area contributed by atoms with Gasteiger partial charge in [0.1, 0.15) is 5.82 Å². The number of ether oxygens (including phenoxy) is 1. The number of esters is 1. The number of methoxy groups -OCH3 is 1. The van der Waals surface area contributed by atoms with Gasteiger partial charge in [0.25, 0.3) is 5.91 Å². The molecule has 136 valence electrons. The van der Waals surface area contributed by atoms with Crippen molar-refractivity contribution < 1.29 is 14.3 Å². The van der Waals surface area contributed by atoms with Gasteiger partial charge in [0.15, 0.2) is 0 Å². The number of hydrogen-bond donors (Lipinski definition) is 1. The lowest BCUT2D eigenvalue weighted by Crippen LogP contribution is -2.26. The van der Waals surface area contributed by atoms with Crippen molar-refractivity contribution in [3.05, 3.63) is 53.6 Å². The first-order valence-corrected chi connectivity index (χ1v) is 8.35. The van der Waals surface area contributed by atoms with Crippen molar-refractivity contribution in [3.63, 3.8) is 0 Å². The topological polar surface area (TPSA) is 97.0 Å². The summed E-state index contributed by atoms with van der Waals surface area (Å²) in [6.07, 6.45) is 0.122. The Morgan fingerprint density at radius 2 is 1.96 bits per heavy atom. The number of nitrogens with zero attached hydrogens (tertiary/aromatic N) is 3. The molecule has 0 radical (unpaired) electrons. The van der Waals surface area contributed by atoms with Gasteiger partial charge in [-0.3, -0.25) is 9.59 Å². The Kier molecular flexibility index (Phi) is 5.18. The van der Waals surface area contributed by atoms with E-state index >= 15 is 0 Å². The summed E-state index contributed by atoms with van der Waals surface area (Å²) in [5, 5.41) is 11.6. The molecule has 0 fully saturated rings. The van der Waals surface area contributed by atoms with Crippen molar-refractivity contribution >= 4 is 22.9 Å². The number of amides is 1. The molecule has 0 aliphatic heterocycles. The van der Waals surface area contributed by atoms with Crippen molar-refractivity contribution in [2.24, 2.45) is 7.05 Å². The van der Waals surface area contributed by atoms with Gasteiger partial charge in [0.2, 0.25) is 0 Å². The zero-order chi connectivity index (χ0) is 19.4. The Bertz CT molecular complexity index is 1050. The third kappa shape index (κ3) is 3.80. The van der Waals surface area contributed by atoms with Gasteiger partial charge in [0.05, 0.1) is 36.2 Å². The van der Waals surface area contributed by atoms with E-state index in [-0.39, 0.29) is 24.8 Å². The number of hydrogen-bond acceptors (Lipinski definition) is 5. The second kappa shape index (κ2) is 7.70. The smallest absolute Gasteiger partial charge is 0.307 e. The molecule has 27 heavy (non-hydrogen) atoms. The summed E-state index contributed by atoms with van der Waals surface area (Å²) in [5.74, 6) is 0.103. The number of carbonyl (C=O) groups excluding carboxylic acids is 2. The average Bonchev–Trinajstić information content (AvgIpc) is 3.03. The second-order valence-electron chi connectivity index (χ2n) is 5.97. The summed E-state index contributed by atoms with van der Waals surface area (Å²) in [5.41, 5.74) is 3.52. The largest absolute Gasteiger partial charge is 0.469 e. The molecule has 3 rings (SSSR count). The van der Waals surface area contributed by atoms with E-state index in [0.29, 0.717) is 16.6 Å². The second-order valence-corrected chi connectivity index (χ2v) is 5.97. The highest BCUT2D eigenvalue weighted by molar-refractivity contribution is 5.98. The summed E-state index contributed by atoms with van der Waals surface area (Å²) in [6, 6.07) is 14.6. The monoisotopic (exact) mass is 362 g/mol. The first-order valence-electron chi connectivity index (χ1n) is 8.35. The van der Waals surface area contributed by atoms with Crippen molar-refractivity contribution in [2.75, 3.05) is 13.7 Å². The van der Waals surface area contributed by atoms with Gasteiger partial charge >= 0.3 is 5.97 Å². The Morgan fingerprint density at radius 3 is 2.63 bits per heavy atom. The minimum Gasteiger partial charge on any atom is -0.469 e. The van der Waals surface area contributed by atoms with Crippen LogP contribution in [0.1, 0.15) is 22.3 Å². The summed E-state index contributed by atoms with van der Waals surface area (Å²) in [4.78, 5) is 28.0. The normalized spacial score (nSPS) is 10.4. The summed E-state index contributed by atoms with van der Waals surface area (Å²) in [7, 11) is 3.21. The van der Waals surface area contributed by atoms with Crippen molar-refractivity contribution in [1.82, 2.24) is 14.9 Å². The maximum Gasteiger partial charge on any atom is 0.307 e. The highest BCUT2D eigenvalue weighted by Crippen LogP contribution is 2.24. The highest BCUT2D eigenvalue weighted by atomic mass is 16.5. The Balaban J connectivity index is 1.84. The van der Waals surface area contributed by atoms with Crippen LogP contribution < -0.4 is 5.32 Å². The van der Waals surface area contributed by atoms with Crippen LogP contribution in [0.25, 0.3) is 22.4 Å². The van der Waals surface area contributed by atoms with E-state index in [9.17, 15) is 9.59 Å². The van der Waals surface area contributed by atoms with Crippen LogP contribution in [0, 0.1) is 11.3 Å². The molecule has 0 atom stereocenters. The van der Waals surface area contributed by atoms with Gasteiger partial charge in [-0.05, 0) is 42.5 Å². The fourth-order valence-electron chi connectivity index (χ4n) is 2.78. The Morgan fingerprint density at radius 1 is 1.22 bits per heavy atom. The van der Waals surface area contributed by atoms with Crippen molar-refractivity contribution in [2.45, 2.75) is 6.42 Å². The molecule has 0 aliphatic rings. The summed E-state index contributed by atoms with van der Waals surface area (Å²) < 4.78 is 6.49. The first-order chi connectivity index (χ1) is 13.0. The molecule has 3 aromatic rings. The third-order valence-electron chi connectivity index (χ3n) is 4.26.